The fourth-order valence-corrected chi connectivity index (χ4v) is 3.36. The van der Waals surface area contributed by atoms with Gasteiger partial charge in [0.15, 0.2) is 6.10 Å². The number of aromatic nitrogens is 1. The van der Waals surface area contributed by atoms with Crippen molar-refractivity contribution in [3.8, 4) is 0 Å². The Labute approximate surface area is 160 Å². The van der Waals surface area contributed by atoms with Crippen LogP contribution < -0.4 is 5.32 Å². The number of esters is 1. The van der Waals surface area contributed by atoms with E-state index in [1.165, 1.54) is 37.5 Å². The molecule has 1 aromatic rings. The minimum absolute atomic E-state index is 0.143. The maximum absolute atomic E-state index is 12.3. The van der Waals surface area contributed by atoms with Gasteiger partial charge in [0.05, 0.1) is 16.3 Å². The molecule has 2 aliphatic heterocycles. The standard InChI is InChI=1S/C16H15ClN4O5S/c1-10(15(22)19-13-4-3-12(17)8-18-13)26-16(23)11-2-5-14-20-27(24,25)7-6-21(14)9-11/h2-5,8-10H,6-7H2,1H3,(H,18,19,22). The van der Waals surface area contributed by atoms with Gasteiger partial charge in [-0.3, -0.25) is 4.79 Å². The van der Waals surface area contributed by atoms with E-state index in [2.05, 4.69) is 14.7 Å². The van der Waals surface area contributed by atoms with Gasteiger partial charge in [0.1, 0.15) is 11.7 Å². The molecule has 0 saturated heterocycles. The van der Waals surface area contributed by atoms with E-state index in [0.29, 0.717) is 5.02 Å². The van der Waals surface area contributed by atoms with Gasteiger partial charge in [-0.05, 0) is 31.2 Å². The highest BCUT2D eigenvalue weighted by Crippen LogP contribution is 2.17. The largest absolute Gasteiger partial charge is 0.449 e. The van der Waals surface area contributed by atoms with Crippen LogP contribution in [0.1, 0.15) is 6.92 Å². The molecule has 1 N–H and O–H groups in total. The average molecular weight is 411 g/mol. The molecule has 1 atom stereocenters. The molecule has 0 aliphatic carbocycles. The summed E-state index contributed by atoms with van der Waals surface area (Å²) in [5.41, 5.74) is 0.178. The molecule has 2 aliphatic rings. The molecular formula is C16H15ClN4O5S. The second-order valence-electron chi connectivity index (χ2n) is 5.75. The predicted octanol–water partition coefficient (Wildman–Crippen LogP) is 1.10. The second-order valence-corrected chi connectivity index (χ2v) is 7.94. The Morgan fingerprint density at radius 2 is 2.11 bits per heavy atom. The Kier molecular flexibility index (Phi) is 5.29. The molecule has 1 unspecified atom stereocenters. The number of hydrogen-bond acceptors (Lipinski definition) is 7. The van der Waals surface area contributed by atoms with Crippen LogP contribution in [0.5, 0.6) is 0 Å². The first-order valence-electron chi connectivity index (χ1n) is 7.86. The lowest BCUT2D eigenvalue weighted by Crippen LogP contribution is -2.37. The van der Waals surface area contributed by atoms with Gasteiger partial charge in [0.25, 0.3) is 15.9 Å². The predicted molar refractivity (Wildman–Crippen MR) is 98.6 cm³/mol. The Morgan fingerprint density at radius 3 is 2.81 bits per heavy atom. The zero-order chi connectivity index (χ0) is 19.6. The van der Waals surface area contributed by atoms with E-state index >= 15 is 0 Å². The number of rotatable bonds is 4. The molecule has 1 amide bonds. The molecule has 0 saturated carbocycles. The molecular weight excluding hydrogens is 396 g/mol. The number of carbonyl (C=O) groups is 2. The summed E-state index contributed by atoms with van der Waals surface area (Å²) in [6.45, 7) is 1.61. The molecule has 0 fully saturated rings. The first kappa shape index (κ1) is 19.1. The van der Waals surface area contributed by atoms with Crippen LogP contribution in [0.4, 0.5) is 5.82 Å². The van der Waals surface area contributed by atoms with Crippen LogP contribution in [-0.4, -0.2) is 54.4 Å². The van der Waals surface area contributed by atoms with Gasteiger partial charge in [-0.25, -0.2) is 18.2 Å². The highest BCUT2D eigenvalue weighted by Gasteiger charge is 2.27. The molecule has 27 heavy (non-hydrogen) atoms. The fraction of sp³-hybridized carbons (Fsp3) is 0.250. The number of nitrogens with zero attached hydrogens (tertiary/aromatic N) is 3. The van der Waals surface area contributed by atoms with Crippen molar-refractivity contribution in [1.29, 1.82) is 0 Å². The zero-order valence-electron chi connectivity index (χ0n) is 14.1. The van der Waals surface area contributed by atoms with Crippen LogP contribution in [0.3, 0.4) is 0 Å². The maximum atomic E-state index is 12.3. The van der Waals surface area contributed by atoms with Gasteiger partial charge in [-0.1, -0.05) is 11.6 Å². The van der Waals surface area contributed by atoms with E-state index in [4.69, 9.17) is 16.3 Å². The monoisotopic (exact) mass is 410 g/mol. The number of fused-ring (bicyclic) bond motifs is 1. The summed E-state index contributed by atoms with van der Waals surface area (Å²) in [7, 11) is -3.47. The number of hydrogen-bond donors (Lipinski definition) is 1. The molecule has 0 aromatic carbocycles. The number of amides is 1. The zero-order valence-corrected chi connectivity index (χ0v) is 15.7. The molecule has 142 valence electrons. The number of nitrogens with one attached hydrogen (secondary N) is 1. The van der Waals surface area contributed by atoms with E-state index in [1.54, 1.807) is 11.0 Å². The van der Waals surface area contributed by atoms with Gasteiger partial charge < -0.3 is 15.0 Å². The number of carbonyl (C=O) groups excluding carboxylic acids is 2. The number of halogens is 1. The van der Waals surface area contributed by atoms with E-state index in [9.17, 15) is 18.0 Å². The van der Waals surface area contributed by atoms with Crippen molar-refractivity contribution in [3.05, 3.63) is 47.3 Å². The van der Waals surface area contributed by atoms with Crippen LogP contribution in [0.15, 0.2) is 46.7 Å². The van der Waals surface area contributed by atoms with Crippen molar-refractivity contribution in [2.24, 2.45) is 4.40 Å². The Bertz CT molecular complexity index is 969. The van der Waals surface area contributed by atoms with Crippen molar-refractivity contribution in [1.82, 2.24) is 9.88 Å². The number of pyridine rings is 1. The van der Waals surface area contributed by atoms with Gasteiger partial charge in [0, 0.05) is 18.9 Å². The van der Waals surface area contributed by atoms with Crippen molar-refractivity contribution in [2.75, 3.05) is 17.6 Å². The Morgan fingerprint density at radius 1 is 1.33 bits per heavy atom. The summed E-state index contributed by atoms with van der Waals surface area (Å²) in [4.78, 5) is 29.9. The Balaban J connectivity index is 1.62. The second kappa shape index (κ2) is 7.49. The summed E-state index contributed by atoms with van der Waals surface area (Å²) in [5.74, 6) is -0.900. The first-order chi connectivity index (χ1) is 12.7. The molecule has 3 heterocycles. The normalized spacial score (nSPS) is 18.7. The van der Waals surface area contributed by atoms with Crippen LogP contribution in [-0.2, 0) is 24.3 Å². The molecule has 9 nitrogen and oxygen atoms in total. The third-order valence-electron chi connectivity index (χ3n) is 3.69. The first-order valence-corrected chi connectivity index (χ1v) is 9.85. The van der Waals surface area contributed by atoms with E-state index in [0.717, 1.165) is 0 Å². The summed E-state index contributed by atoms with van der Waals surface area (Å²) >= 11 is 5.73. The van der Waals surface area contributed by atoms with Crippen molar-refractivity contribution < 1.29 is 22.7 Å². The van der Waals surface area contributed by atoms with Crippen LogP contribution in [0.2, 0.25) is 5.02 Å². The number of amidine groups is 1. The van der Waals surface area contributed by atoms with Crippen LogP contribution >= 0.6 is 11.6 Å². The van der Waals surface area contributed by atoms with Gasteiger partial charge in [0.2, 0.25) is 0 Å². The van der Waals surface area contributed by atoms with Crippen molar-refractivity contribution >= 4 is 45.2 Å². The molecule has 0 bridgehead atoms. The topological polar surface area (TPSA) is 118 Å². The molecule has 3 rings (SSSR count). The lowest BCUT2D eigenvalue weighted by molar-refractivity contribution is -0.149. The average Bonchev–Trinajstić information content (AvgIpc) is 2.62. The van der Waals surface area contributed by atoms with Gasteiger partial charge in [-0.15, -0.1) is 4.40 Å². The highest BCUT2D eigenvalue weighted by molar-refractivity contribution is 7.90. The lowest BCUT2D eigenvalue weighted by atomic mass is 10.2. The SMILES string of the molecule is CC(OC(=O)C1=CN2CCS(=O)(=O)N=C2C=C1)C(=O)Nc1ccc(Cl)cn1. The summed E-state index contributed by atoms with van der Waals surface area (Å²) in [5, 5.41) is 2.94. The molecule has 1 aromatic heterocycles. The molecule has 0 radical (unpaired) electrons. The van der Waals surface area contributed by atoms with Crippen molar-refractivity contribution in [3.63, 3.8) is 0 Å². The fourth-order valence-electron chi connectivity index (χ4n) is 2.28. The maximum Gasteiger partial charge on any atom is 0.340 e. The Hall–Kier alpha value is -2.72. The minimum Gasteiger partial charge on any atom is -0.449 e. The number of ether oxygens (including phenoxy) is 1. The lowest BCUT2D eigenvalue weighted by Gasteiger charge is -2.27. The van der Waals surface area contributed by atoms with E-state index in [1.807, 2.05) is 0 Å². The summed E-state index contributed by atoms with van der Waals surface area (Å²) in [6.07, 6.45) is 4.56. The number of sulfonamides is 1. The quantitative estimate of drug-likeness (QED) is 0.738. The van der Waals surface area contributed by atoms with Gasteiger partial charge >= 0.3 is 5.97 Å². The summed E-state index contributed by atoms with van der Waals surface area (Å²) in [6, 6.07) is 3.09. The van der Waals surface area contributed by atoms with Crippen LogP contribution in [0, 0.1) is 0 Å². The van der Waals surface area contributed by atoms with Crippen LogP contribution in [0.25, 0.3) is 0 Å². The van der Waals surface area contributed by atoms with E-state index < -0.39 is 28.0 Å². The molecule has 0 spiro atoms. The van der Waals surface area contributed by atoms with Gasteiger partial charge in [-0.2, -0.15) is 0 Å². The molecule has 11 heteroatoms. The van der Waals surface area contributed by atoms with E-state index in [-0.39, 0.29) is 29.5 Å². The highest BCUT2D eigenvalue weighted by atomic mass is 35.5. The van der Waals surface area contributed by atoms with Crippen molar-refractivity contribution in [2.45, 2.75) is 13.0 Å². The minimum atomic E-state index is -3.47. The third-order valence-corrected chi connectivity index (χ3v) is 5.08. The third kappa shape index (κ3) is 4.72. The number of anilines is 1. The smallest absolute Gasteiger partial charge is 0.340 e. The summed E-state index contributed by atoms with van der Waals surface area (Å²) < 4.78 is 31.8.